The maximum atomic E-state index is 8.61. The number of rotatable bonds is 1. The van der Waals surface area contributed by atoms with E-state index >= 15 is 0 Å². The number of benzene rings is 1. The zero-order valence-corrected chi connectivity index (χ0v) is 8.12. The van der Waals surface area contributed by atoms with Crippen molar-refractivity contribution in [2.24, 2.45) is 0 Å². The minimum atomic E-state index is 0.577. The van der Waals surface area contributed by atoms with Gasteiger partial charge in [0.25, 0.3) is 0 Å². The molecule has 2 nitrogen and oxygen atoms in total. The van der Waals surface area contributed by atoms with Crippen molar-refractivity contribution in [3.63, 3.8) is 0 Å². The highest BCUT2D eigenvalue weighted by atomic mass is 127. The Morgan fingerprint density at radius 2 is 2.27 bits per heavy atom. The summed E-state index contributed by atoms with van der Waals surface area (Å²) in [4.78, 5) is 0. The highest BCUT2D eigenvalue weighted by Crippen LogP contribution is 2.19. The summed E-state index contributed by atoms with van der Waals surface area (Å²) in [6.45, 7) is 0. The molecule has 0 amide bonds. The van der Waals surface area contributed by atoms with Crippen molar-refractivity contribution in [1.29, 1.82) is 5.26 Å². The molecule has 3 heteroatoms. The van der Waals surface area contributed by atoms with Gasteiger partial charge in [-0.2, -0.15) is 5.26 Å². The Bertz CT molecular complexity index is 303. The van der Waals surface area contributed by atoms with Gasteiger partial charge in [-0.1, -0.05) is 0 Å². The molecule has 56 valence electrons. The van der Waals surface area contributed by atoms with Gasteiger partial charge in [0.05, 0.1) is 12.7 Å². The van der Waals surface area contributed by atoms with E-state index in [-0.39, 0.29) is 0 Å². The third kappa shape index (κ3) is 1.84. The molecule has 0 aliphatic heterocycles. The second kappa shape index (κ2) is 3.58. The van der Waals surface area contributed by atoms with Crippen LogP contribution in [0.5, 0.6) is 5.75 Å². The Balaban J connectivity index is 3.19. The van der Waals surface area contributed by atoms with Gasteiger partial charge in [0.1, 0.15) is 11.8 Å². The molecule has 0 radical (unpaired) electrons. The topological polar surface area (TPSA) is 33.0 Å². The van der Waals surface area contributed by atoms with Gasteiger partial charge in [-0.05, 0) is 40.8 Å². The van der Waals surface area contributed by atoms with E-state index in [1.807, 2.05) is 18.2 Å². The Hall–Kier alpha value is -0.760. The van der Waals surface area contributed by atoms with E-state index in [4.69, 9.17) is 10.00 Å². The molecule has 11 heavy (non-hydrogen) atoms. The van der Waals surface area contributed by atoms with Crippen LogP contribution in [0, 0.1) is 14.9 Å². The van der Waals surface area contributed by atoms with Crippen molar-refractivity contribution in [3.8, 4) is 11.8 Å². The van der Waals surface area contributed by atoms with Crippen LogP contribution < -0.4 is 4.74 Å². The lowest BCUT2D eigenvalue weighted by molar-refractivity contribution is 0.413. The summed E-state index contributed by atoms with van der Waals surface area (Å²) in [7, 11) is 1.56. The van der Waals surface area contributed by atoms with Gasteiger partial charge in [0, 0.05) is 3.57 Å². The van der Waals surface area contributed by atoms with Crippen LogP contribution in [0.4, 0.5) is 0 Å². The van der Waals surface area contributed by atoms with Crippen molar-refractivity contribution < 1.29 is 4.74 Å². The van der Waals surface area contributed by atoms with Crippen LogP contribution in [0.25, 0.3) is 0 Å². The second-order valence-corrected chi connectivity index (χ2v) is 3.20. The predicted octanol–water partition coefficient (Wildman–Crippen LogP) is 2.17. The summed E-state index contributed by atoms with van der Waals surface area (Å²) in [6, 6.07) is 7.51. The Labute approximate surface area is 78.9 Å². The average Bonchev–Trinajstić information content (AvgIpc) is 2.04. The summed E-state index contributed by atoms with van der Waals surface area (Å²) in [5, 5.41) is 8.61. The summed E-state index contributed by atoms with van der Waals surface area (Å²) in [5.41, 5.74) is 0.577. The molecule has 0 atom stereocenters. The Kier molecular flexibility index (Phi) is 2.71. The van der Waals surface area contributed by atoms with Crippen LogP contribution in [-0.2, 0) is 0 Å². The van der Waals surface area contributed by atoms with Gasteiger partial charge in [-0.3, -0.25) is 0 Å². The average molecular weight is 259 g/mol. The molecule has 0 aliphatic carbocycles. The number of nitriles is 1. The zero-order chi connectivity index (χ0) is 8.27. The van der Waals surface area contributed by atoms with Gasteiger partial charge < -0.3 is 4.74 Å². The molecule has 0 aromatic heterocycles. The quantitative estimate of drug-likeness (QED) is 0.724. The molecule has 0 fully saturated rings. The fourth-order valence-corrected chi connectivity index (χ4v) is 1.22. The summed E-state index contributed by atoms with van der Waals surface area (Å²) in [5.74, 6) is 0.638. The number of ether oxygens (including phenoxy) is 1. The first kappa shape index (κ1) is 8.34. The van der Waals surface area contributed by atoms with Crippen molar-refractivity contribution in [3.05, 3.63) is 27.3 Å². The van der Waals surface area contributed by atoms with Crippen LogP contribution in [0.1, 0.15) is 5.56 Å². The minimum absolute atomic E-state index is 0.577. The first-order chi connectivity index (χ1) is 5.27. The number of nitrogens with zero attached hydrogens (tertiary/aromatic N) is 1. The Morgan fingerprint density at radius 3 is 2.82 bits per heavy atom. The van der Waals surface area contributed by atoms with E-state index < -0.39 is 0 Å². The van der Waals surface area contributed by atoms with Crippen molar-refractivity contribution in [2.75, 3.05) is 7.11 Å². The number of hydrogen-bond donors (Lipinski definition) is 0. The van der Waals surface area contributed by atoms with E-state index in [0.717, 1.165) is 3.57 Å². The normalized spacial score (nSPS) is 8.82. The highest BCUT2D eigenvalue weighted by Gasteiger charge is 2.00. The lowest BCUT2D eigenvalue weighted by Gasteiger charge is -2.01. The van der Waals surface area contributed by atoms with E-state index in [2.05, 4.69) is 22.6 Å². The monoisotopic (exact) mass is 259 g/mol. The predicted molar refractivity (Wildman–Crippen MR) is 50.4 cm³/mol. The maximum Gasteiger partial charge on any atom is 0.137 e. The van der Waals surface area contributed by atoms with Gasteiger partial charge >= 0.3 is 0 Å². The summed E-state index contributed by atoms with van der Waals surface area (Å²) < 4.78 is 6.06. The lowest BCUT2D eigenvalue weighted by atomic mass is 10.2. The molecule has 0 aliphatic rings. The van der Waals surface area contributed by atoms with Crippen LogP contribution in [0.15, 0.2) is 18.2 Å². The molecule has 1 aromatic rings. The maximum absolute atomic E-state index is 8.61. The minimum Gasteiger partial charge on any atom is -0.495 e. The summed E-state index contributed by atoms with van der Waals surface area (Å²) in [6.07, 6.45) is 0. The first-order valence-corrected chi connectivity index (χ1v) is 4.09. The molecule has 1 rings (SSSR count). The highest BCUT2D eigenvalue weighted by molar-refractivity contribution is 14.1. The molecule has 0 N–H and O–H groups in total. The SMILES string of the molecule is COc1cc(I)ccc1C#N. The van der Waals surface area contributed by atoms with E-state index in [0.29, 0.717) is 11.3 Å². The third-order valence-corrected chi connectivity index (χ3v) is 1.96. The van der Waals surface area contributed by atoms with Gasteiger partial charge in [-0.15, -0.1) is 0 Å². The van der Waals surface area contributed by atoms with Gasteiger partial charge in [0.15, 0.2) is 0 Å². The molecule has 0 saturated carbocycles. The molecule has 0 unspecified atom stereocenters. The molecular weight excluding hydrogens is 253 g/mol. The van der Waals surface area contributed by atoms with E-state index in [1.165, 1.54) is 0 Å². The van der Waals surface area contributed by atoms with Crippen molar-refractivity contribution in [2.45, 2.75) is 0 Å². The zero-order valence-electron chi connectivity index (χ0n) is 5.97. The Morgan fingerprint density at radius 1 is 1.55 bits per heavy atom. The largest absolute Gasteiger partial charge is 0.495 e. The van der Waals surface area contributed by atoms with Crippen LogP contribution >= 0.6 is 22.6 Å². The smallest absolute Gasteiger partial charge is 0.137 e. The van der Waals surface area contributed by atoms with E-state index in [9.17, 15) is 0 Å². The number of methoxy groups -OCH3 is 1. The molecule has 0 spiro atoms. The number of halogens is 1. The van der Waals surface area contributed by atoms with Gasteiger partial charge in [-0.25, -0.2) is 0 Å². The lowest BCUT2D eigenvalue weighted by Crippen LogP contribution is -1.87. The molecule has 0 bridgehead atoms. The van der Waals surface area contributed by atoms with Gasteiger partial charge in [0.2, 0.25) is 0 Å². The van der Waals surface area contributed by atoms with Crippen molar-refractivity contribution >= 4 is 22.6 Å². The van der Waals surface area contributed by atoms with Crippen LogP contribution in [-0.4, -0.2) is 7.11 Å². The number of hydrogen-bond acceptors (Lipinski definition) is 2. The third-order valence-electron chi connectivity index (χ3n) is 1.28. The fourth-order valence-electron chi connectivity index (χ4n) is 0.757. The summed E-state index contributed by atoms with van der Waals surface area (Å²) >= 11 is 2.17. The molecule has 1 aromatic carbocycles. The molecule has 0 heterocycles. The van der Waals surface area contributed by atoms with Crippen molar-refractivity contribution in [1.82, 2.24) is 0 Å². The fraction of sp³-hybridized carbons (Fsp3) is 0.125. The molecular formula is C8H6INO. The van der Waals surface area contributed by atoms with Crippen LogP contribution in [0.3, 0.4) is 0 Å². The first-order valence-electron chi connectivity index (χ1n) is 3.01. The molecule has 0 saturated heterocycles. The van der Waals surface area contributed by atoms with Crippen LogP contribution in [0.2, 0.25) is 0 Å². The van der Waals surface area contributed by atoms with E-state index in [1.54, 1.807) is 13.2 Å². The standard InChI is InChI=1S/C8H6INO/c1-11-8-4-7(9)3-2-6(8)5-10/h2-4H,1H3. The second-order valence-electron chi connectivity index (χ2n) is 1.96.